The number of nitrogens with zero attached hydrogens (tertiary/aromatic N) is 3. The Hall–Kier alpha value is -4.01. The fourth-order valence-corrected chi connectivity index (χ4v) is 4.17. The number of amides is 2. The van der Waals surface area contributed by atoms with Gasteiger partial charge in [0.15, 0.2) is 11.5 Å². The van der Waals surface area contributed by atoms with Crippen molar-refractivity contribution in [2.75, 3.05) is 39.2 Å². The third-order valence-electron chi connectivity index (χ3n) is 6.87. The molecule has 2 amide bonds. The number of nitrogen functional groups attached to an aromatic ring is 1. The smallest absolute Gasteiger partial charge is 0.328 e. The van der Waals surface area contributed by atoms with Gasteiger partial charge in [-0.1, -0.05) is 24.3 Å². The van der Waals surface area contributed by atoms with Crippen molar-refractivity contribution in [2.45, 2.75) is 77.6 Å². The van der Waals surface area contributed by atoms with E-state index in [2.05, 4.69) is 25.6 Å². The maximum Gasteiger partial charge on any atom is 0.328 e. The molecular formula is C30H46N8O6. The van der Waals surface area contributed by atoms with Crippen LogP contribution >= 0.6 is 0 Å². The molecule has 44 heavy (non-hydrogen) atoms. The topological polar surface area (TPSA) is 202 Å². The lowest BCUT2D eigenvalue weighted by atomic mass is 10.0. The zero-order valence-corrected chi connectivity index (χ0v) is 26.3. The average Bonchev–Trinajstić information content (AvgIpc) is 3.26. The van der Waals surface area contributed by atoms with E-state index in [4.69, 9.17) is 25.7 Å². The van der Waals surface area contributed by atoms with E-state index in [0.717, 1.165) is 17.5 Å². The molecule has 0 saturated carbocycles. The minimum atomic E-state index is -0.387. The van der Waals surface area contributed by atoms with Crippen molar-refractivity contribution in [1.29, 1.82) is 0 Å². The van der Waals surface area contributed by atoms with Crippen LogP contribution < -0.4 is 32.5 Å². The molecule has 0 unspecified atom stereocenters. The number of hydrogen-bond donors (Lipinski definition) is 5. The Bertz CT molecular complexity index is 1440. The highest BCUT2D eigenvalue weighted by molar-refractivity contribution is 5.83. The van der Waals surface area contributed by atoms with Gasteiger partial charge >= 0.3 is 11.7 Å². The molecule has 242 valence electrons. The second-order valence-electron chi connectivity index (χ2n) is 12.0. The van der Waals surface area contributed by atoms with Gasteiger partial charge in [-0.05, 0) is 51.7 Å². The SMILES string of the molecule is COCCOc1nc(N)c2[nH]c(=O)n(Cc3ccc(CNC(=O)CCC(=O)NCCC(C)(C)OCCC(C)(C)N)cc3)c2n1. The number of rotatable bonds is 18. The van der Waals surface area contributed by atoms with Crippen molar-refractivity contribution in [3.8, 4) is 6.01 Å². The summed E-state index contributed by atoms with van der Waals surface area (Å²) >= 11 is 0. The van der Waals surface area contributed by atoms with Crippen LogP contribution in [0.4, 0.5) is 5.82 Å². The molecule has 1 aromatic carbocycles. The van der Waals surface area contributed by atoms with Crippen LogP contribution in [0.2, 0.25) is 0 Å². The summed E-state index contributed by atoms with van der Waals surface area (Å²) < 4.78 is 17.8. The molecule has 2 aromatic heterocycles. The van der Waals surface area contributed by atoms with Gasteiger partial charge in [-0.3, -0.25) is 14.2 Å². The molecule has 0 aliphatic rings. The van der Waals surface area contributed by atoms with Gasteiger partial charge < -0.3 is 41.3 Å². The van der Waals surface area contributed by atoms with Crippen molar-refractivity contribution < 1.29 is 23.8 Å². The van der Waals surface area contributed by atoms with Crippen molar-refractivity contribution in [1.82, 2.24) is 30.2 Å². The Morgan fingerprint density at radius 2 is 1.61 bits per heavy atom. The molecule has 0 fully saturated rings. The van der Waals surface area contributed by atoms with Gasteiger partial charge in [0, 0.05) is 45.2 Å². The van der Waals surface area contributed by atoms with E-state index in [1.807, 2.05) is 52.0 Å². The molecule has 0 bridgehead atoms. The Kier molecular flexibility index (Phi) is 12.3. The van der Waals surface area contributed by atoms with E-state index in [1.165, 1.54) is 4.57 Å². The van der Waals surface area contributed by atoms with Crippen molar-refractivity contribution in [2.24, 2.45) is 5.73 Å². The van der Waals surface area contributed by atoms with Crippen LogP contribution in [0, 0.1) is 0 Å². The minimum absolute atomic E-state index is 0.0558. The number of ether oxygens (including phenoxy) is 3. The van der Waals surface area contributed by atoms with Crippen LogP contribution in [0.5, 0.6) is 6.01 Å². The Labute approximate surface area is 257 Å². The minimum Gasteiger partial charge on any atom is -0.461 e. The van der Waals surface area contributed by atoms with E-state index < -0.39 is 0 Å². The zero-order chi connectivity index (χ0) is 32.3. The van der Waals surface area contributed by atoms with E-state index in [1.54, 1.807) is 7.11 Å². The first-order valence-corrected chi connectivity index (χ1v) is 14.7. The van der Waals surface area contributed by atoms with Crippen LogP contribution in [-0.4, -0.2) is 75.9 Å². The number of hydrogen-bond acceptors (Lipinski definition) is 10. The molecule has 3 aromatic rings. The Balaban J connectivity index is 1.42. The molecule has 14 heteroatoms. The van der Waals surface area contributed by atoms with Crippen LogP contribution in [-0.2, 0) is 32.2 Å². The van der Waals surface area contributed by atoms with Crippen molar-refractivity contribution >= 4 is 28.8 Å². The van der Waals surface area contributed by atoms with Gasteiger partial charge in [0.25, 0.3) is 0 Å². The van der Waals surface area contributed by atoms with Crippen molar-refractivity contribution in [3.05, 3.63) is 45.9 Å². The molecular weight excluding hydrogens is 568 g/mol. The Morgan fingerprint density at radius 1 is 0.955 bits per heavy atom. The molecule has 3 rings (SSSR count). The summed E-state index contributed by atoms with van der Waals surface area (Å²) in [5.74, 6) is -0.293. The lowest BCUT2D eigenvalue weighted by molar-refractivity contribution is -0.126. The maximum atomic E-state index is 12.6. The van der Waals surface area contributed by atoms with Crippen LogP contribution in [0.3, 0.4) is 0 Å². The molecule has 0 saturated heterocycles. The monoisotopic (exact) mass is 614 g/mol. The van der Waals surface area contributed by atoms with Gasteiger partial charge in [0.2, 0.25) is 11.8 Å². The van der Waals surface area contributed by atoms with Gasteiger partial charge in [0.05, 0.1) is 18.8 Å². The zero-order valence-electron chi connectivity index (χ0n) is 26.3. The van der Waals surface area contributed by atoms with Gasteiger partial charge in [-0.25, -0.2) is 4.79 Å². The highest BCUT2D eigenvalue weighted by atomic mass is 16.5. The molecule has 0 aliphatic carbocycles. The molecule has 14 nitrogen and oxygen atoms in total. The van der Waals surface area contributed by atoms with Crippen molar-refractivity contribution in [3.63, 3.8) is 0 Å². The van der Waals surface area contributed by atoms with Crippen LogP contribution in [0.15, 0.2) is 29.1 Å². The van der Waals surface area contributed by atoms with E-state index >= 15 is 0 Å². The highest BCUT2D eigenvalue weighted by Crippen LogP contribution is 2.19. The number of anilines is 1. The molecule has 0 radical (unpaired) electrons. The van der Waals surface area contributed by atoms with E-state index in [0.29, 0.717) is 43.9 Å². The number of nitrogens with two attached hydrogens (primary N) is 2. The summed E-state index contributed by atoms with van der Waals surface area (Å²) in [6.07, 6.45) is 1.57. The quantitative estimate of drug-likeness (QED) is 0.131. The number of benzene rings is 1. The van der Waals surface area contributed by atoms with E-state index in [9.17, 15) is 14.4 Å². The third kappa shape index (κ3) is 11.2. The summed E-state index contributed by atoms with van der Waals surface area (Å²) in [5, 5.41) is 5.69. The second-order valence-corrected chi connectivity index (χ2v) is 12.0. The molecule has 7 N–H and O–H groups in total. The summed E-state index contributed by atoms with van der Waals surface area (Å²) in [6.45, 7) is 10.0. The predicted octanol–water partition coefficient (Wildman–Crippen LogP) is 1.60. The number of aromatic nitrogens is 4. The van der Waals surface area contributed by atoms with Gasteiger partial charge in [0.1, 0.15) is 12.1 Å². The number of carbonyl (C=O) groups is 2. The molecule has 0 spiro atoms. The Morgan fingerprint density at radius 3 is 2.27 bits per heavy atom. The number of aromatic amines is 1. The third-order valence-corrected chi connectivity index (χ3v) is 6.87. The second kappa shape index (κ2) is 15.6. The average molecular weight is 615 g/mol. The van der Waals surface area contributed by atoms with E-state index in [-0.39, 0.29) is 66.5 Å². The van der Waals surface area contributed by atoms with Crippen LogP contribution in [0.25, 0.3) is 11.2 Å². The number of carbonyl (C=O) groups excluding carboxylic acids is 2. The largest absolute Gasteiger partial charge is 0.461 e. The molecule has 2 heterocycles. The molecule has 0 atom stereocenters. The number of methoxy groups -OCH3 is 1. The van der Waals surface area contributed by atoms with Gasteiger partial charge in [-0.2, -0.15) is 9.97 Å². The standard InChI is InChI=1S/C30H46N8O6/c1-29(2,32)13-15-44-30(3,4)12-14-33-22(39)10-11-23(40)34-18-20-6-8-21(9-7-20)19-38-26-24(35-28(38)41)25(31)36-27(37-26)43-17-16-42-5/h6-9H,10-19,32H2,1-5H3,(H,33,39)(H,34,40)(H,35,41)(H2,31,36,37). The normalized spacial score (nSPS) is 12.0. The molecule has 0 aliphatic heterocycles. The van der Waals surface area contributed by atoms with Crippen LogP contribution in [0.1, 0.15) is 64.5 Å². The maximum absolute atomic E-state index is 12.6. The first-order chi connectivity index (χ1) is 20.8. The first kappa shape index (κ1) is 34.5. The number of nitrogens with one attached hydrogen (secondary N) is 3. The summed E-state index contributed by atoms with van der Waals surface area (Å²) in [6, 6.07) is 7.51. The van der Waals surface area contributed by atoms with Gasteiger partial charge in [-0.15, -0.1) is 0 Å². The fourth-order valence-electron chi connectivity index (χ4n) is 4.17. The number of fused-ring (bicyclic) bond motifs is 1. The number of imidazole rings is 1. The summed E-state index contributed by atoms with van der Waals surface area (Å²) in [7, 11) is 1.55. The summed E-state index contributed by atoms with van der Waals surface area (Å²) in [4.78, 5) is 48.3. The lowest BCUT2D eigenvalue weighted by Crippen LogP contribution is -2.37. The fraction of sp³-hybridized carbons (Fsp3) is 0.567. The first-order valence-electron chi connectivity index (χ1n) is 14.7. The summed E-state index contributed by atoms with van der Waals surface area (Å²) in [5.41, 5.74) is 13.3. The predicted molar refractivity (Wildman–Crippen MR) is 167 cm³/mol. The number of H-pyrrole nitrogens is 1. The lowest BCUT2D eigenvalue weighted by Gasteiger charge is -2.27. The highest BCUT2D eigenvalue weighted by Gasteiger charge is 2.20.